The third-order valence-electron chi connectivity index (χ3n) is 5.20. The number of amides is 1. The first-order valence-corrected chi connectivity index (χ1v) is 9.62. The van der Waals surface area contributed by atoms with E-state index in [0.29, 0.717) is 18.0 Å². The van der Waals surface area contributed by atoms with Crippen molar-refractivity contribution in [2.75, 3.05) is 32.7 Å². The first kappa shape index (κ1) is 20.8. The van der Waals surface area contributed by atoms with Gasteiger partial charge in [-0.2, -0.15) is 0 Å². The Morgan fingerprint density at radius 1 is 1.31 bits per heavy atom. The van der Waals surface area contributed by atoms with Gasteiger partial charge in [0.1, 0.15) is 11.5 Å². The monoisotopic (exact) mass is 364 g/mol. The molecule has 1 aliphatic rings. The zero-order valence-corrected chi connectivity index (χ0v) is 16.8. The van der Waals surface area contributed by atoms with E-state index in [1.807, 2.05) is 0 Å². The van der Waals surface area contributed by atoms with Gasteiger partial charge in [0.05, 0.1) is 6.04 Å². The summed E-state index contributed by atoms with van der Waals surface area (Å²) in [6.07, 6.45) is 1.95. The zero-order valence-electron chi connectivity index (χ0n) is 16.8. The average molecular weight is 365 g/mol. The van der Waals surface area contributed by atoms with Gasteiger partial charge in [0.25, 0.3) is 0 Å². The molecule has 0 saturated carbocycles. The van der Waals surface area contributed by atoms with Crippen LogP contribution in [-0.2, 0) is 4.79 Å². The number of hydrogen-bond acceptors (Lipinski definition) is 4. The van der Waals surface area contributed by atoms with E-state index in [9.17, 15) is 9.18 Å². The smallest absolute Gasteiger partial charge is 0.220 e. The zero-order chi connectivity index (χ0) is 19.3. The summed E-state index contributed by atoms with van der Waals surface area (Å²) in [7, 11) is 0. The fraction of sp³-hybridized carbons (Fsp3) is 0.700. The molecule has 0 spiro atoms. The first-order valence-electron chi connectivity index (χ1n) is 9.62. The van der Waals surface area contributed by atoms with Crippen molar-refractivity contribution < 1.29 is 9.18 Å². The highest BCUT2D eigenvalue weighted by atomic mass is 19.1. The number of rotatable bonds is 7. The summed E-state index contributed by atoms with van der Waals surface area (Å²) < 4.78 is 14.5. The molecular formula is C20H33FN4O. The van der Waals surface area contributed by atoms with Crippen molar-refractivity contribution in [1.29, 1.82) is 0 Å². The van der Waals surface area contributed by atoms with Crippen LogP contribution in [0.3, 0.4) is 0 Å². The second-order valence-corrected chi connectivity index (χ2v) is 8.06. The van der Waals surface area contributed by atoms with Gasteiger partial charge >= 0.3 is 0 Å². The summed E-state index contributed by atoms with van der Waals surface area (Å²) in [6, 6.07) is 2.49. The topological polar surface area (TPSA) is 48.5 Å². The lowest BCUT2D eigenvalue weighted by molar-refractivity contribution is -0.123. The van der Waals surface area contributed by atoms with Gasteiger partial charge in [-0.3, -0.25) is 14.7 Å². The Kier molecular flexibility index (Phi) is 7.12. The predicted octanol–water partition coefficient (Wildman–Crippen LogP) is 2.84. The number of carbonyl (C=O) groups is 1. The van der Waals surface area contributed by atoms with Gasteiger partial charge in [-0.25, -0.2) is 4.39 Å². The van der Waals surface area contributed by atoms with Crippen LogP contribution in [0.25, 0.3) is 0 Å². The maximum atomic E-state index is 14.5. The van der Waals surface area contributed by atoms with Crippen molar-refractivity contribution in [2.45, 2.75) is 52.6 Å². The average Bonchev–Trinajstić information content (AvgIpc) is 2.60. The van der Waals surface area contributed by atoms with Crippen LogP contribution < -0.4 is 5.32 Å². The molecule has 1 amide bonds. The van der Waals surface area contributed by atoms with E-state index in [-0.39, 0.29) is 11.7 Å². The molecule has 2 heterocycles. The first-order chi connectivity index (χ1) is 12.3. The molecule has 0 radical (unpaired) electrons. The van der Waals surface area contributed by atoms with Gasteiger partial charge < -0.3 is 10.2 Å². The highest BCUT2D eigenvalue weighted by Gasteiger charge is 2.40. The standard InChI is InChI=1S/C20H33FN4O/c1-6-17(26)23-19(18-16(21)8-7-9-22-18)20(4,5)25-12-10-24(11-13-25)14-15(2)3/h7-9,15,19H,6,10-14H2,1-5H3,(H,23,26). The van der Waals surface area contributed by atoms with Crippen molar-refractivity contribution in [3.05, 3.63) is 29.8 Å². The van der Waals surface area contributed by atoms with Crippen LogP contribution in [0.15, 0.2) is 18.3 Å². The SMILES string of the molecule is CCC(=O)NC(c1ncccc1F)C(C)(C)N1CCN(CC(C)C)CC1. The van der Waals surface area contributed by atoms with Gasteiger partial charge in [-0.05, 0) is 31.9 Å². The lowest BCUT2D eigenvalue weighted by Crippen LogP contribution is -2.60. The molecule has 0 aromatic carbocycles. The van der Waals surface area contributed by atoms with E-state index in [1.54, 1.807) is 19.2 Å². The molecule has 2 rings (SSSR count). The fourth-order valence-corrected chi connectivity index (χ4v) is 3.66. The molecule has 5 nitrogen and oxygen atoms in total. The third-order valence-corrected chi connectivity index (χ3v) is 5.20. The fourth-order valence-electron chi connectivity index (χ4n) is 3.66. The molecule has 1 unspecified atom stereocenters. The number of pyridine rings is 1. The minimum Gasteiger partial charge on any atom is -0.346 e. The molecule has 1 fully saturated rings. The van der Waals surface area contributed by atoms with E-state index in [2.05, 4.69) is 47.8 Å². The van der Waals surface area contributed by atoms with Crippen LogP contribution in [0.2, 0.25) is 0 Å². The Morgan fingerprint density at radius 3 is 2.50 bits per heavy atom. The van der Waals surface area contributed by atoms with E-state index in [0.717, 1.165) is 32.7 Å². The second-order valence-electron chi connectivity index (χ2n) is 8.06. The number of piperazine rings is 1. The van der Waals surface area contributed by atoms with Gasteiger partial charge in [0.2, 0.25) is 5.91 Å². The van der Waals surface area contributed by atoms with Gasteiger partial charge in [0, 0.05) is 50.9 Å². The maximum Gasteiger partial charge on any atom is 0.220 e. The molecule has 1 atom stereocenters. The Morgan fingerprint density at radius 2 is 1.96 bits per heavy atom. The molecular weight excluding hydrogens is 331 g/mol. The van der Waals surface area contributed by atoms with E-state index >= 15 is 0 Å². The molecule has 26 heavy (non-hydrogen) atoms. The Hall–Kier alpha value is -1.53. The second kappa shape index (κ2) is 8.91. The van der Waals surface area contributed by atoms with Crippen LogP contribution in [0.5, 0.6) is 0 Å². The van der Waals surface area contributed by atoms with Crippen molar-refractivity contribution in [3.8, 4) is 0 Å². The van der Waals surface area contributed by atoms with Crippen LogP contribution in [-0.4, -0.2) is 59.0 Å². The summed E-state index contributed by atoms with van der Waals surface area (Å²) in [6.45, 7) is 15.3. The quantitative estimate of drug-likeness (QED) is 0.808. The van der Waals surface area contributed by atoms with Crippen molar-refractivity contribution in [2.24, 2.45) is 5.92 Å². The molecule has 1 N–H and O–H groups in total. The lowest BCUT2D eigenvalue weighted by Gasteiger charge is -2.48. The van der Waals surface area contributed by atoms with E-state index in [1.165, 1.54) is 6.07 Å². The number of nitrogens with zero attached hydrogens (tertiary/aromatic N) is 3. The number of halogens is 1. The van der Waals surface area contributed by atoms with Gasteiger partial charge in [0.15, 0.2) is 0 Å². The Labute approximate surface area is 157 Å². The number of hydrogen-bond donors (Lipinski definition) is 1. The number of aromatic nitrogens is 1. The van der Waals surface area contributed by atoms with Gasteiger partial charge in [-0.15, -0.1) is 0 Å². The van der Waals surface area contributed by atoms with E-state index < -0.39 is 11.6 Å². The summed E-state index contributed by atoms with van der Waals surface area (Å²) in [5, 5.41) is 3.01. The van der Waals surface area contributed by atoms with Crippen LogP contribution in [0, 0.1) is 11.7 Å². The molecule has 1 saturated heterocycles. The van der Waals surface area contributed by atoms with Crippen molar-refractivity contribution in [1.82, 2.24) is 20.1 Å². The minimum absolute atomic E-state index is 0.0911. The van der Waals surface area contributed by atoms with Crippen LogP contribution >= 0.6 is 0 Å². The highest BCUT2D eigenvalue weighted by molar-refractivity contribution is 5.76. The molecule has 6 heteroatoms. The predicted molar refractivity (Wildman–Crippen MR) is 102 cm³/mol. The summed E-state index contributed by atoms with van der Waals surface area (Å²) in [5.41, 5.74) is -0.131. The van der Waals surface area contributed by atoms with E-state index in [4.69, 9.17) is 0 Å². The van der Waals surface area contributed by atoms with Gasteiger partial charge in [-0.1, -0.05) is 20.8 Å². The number of nitrogens with one attached hydrogen (secondary N) is 1. The largest absolute Gasteiger partial charge is 0.346 e. The Bertz CT molecular complexity index is 597. The van der Waals surface area contributed by atoms with Crippen molar-refractivity contribution in [3.63, 3.8) is 0 Å². The lowest BCUT2D eigenvalue weighted by atomic mass is 9.88. The van der Waals surface area contributed by atoms with Crippen LogP contribution in [0.1, 0.15) is 52.8 Å². The maximum absolute atomic E-state index is 14.5. The molecule has 0 bridgehead atoms. The van der Waals surface area contributed by atoms with Crippen LogP contribution in [0.4, 0.5) is 4.39 Å². The molecule has 146 valence electrons. The molecule has 1 aromatic rings. The summed E-state index contributed by atoms with van der Waals surface area (Å²) in [4.78, 5) is 21.2. The summed E-state index contributed by atoms with van der Waals surface area (Å²) >= 11 is 0. The normalized spacial score (nSPS) is 18.1. The van der Waals surface area contributed by atoms with Crippen molar-refractivity contribution >= 4 is 5.91 Å². The number of carbonyl (C=O) groups excluding carboxylic acids is 1. The highest BCUT2D eigenvalue weighted by Crippen LogP contribution is 2.32. The molecule has 0 aliphatic carbocycles. The molecule has 1 aromatic heterocycles. The third kappa shape index (κ3) is 5.01. The minimum atomic E-state index is -0.493. The summed E-state index contributed by atoms with van der Waals surface area (Å²) in [5.74, 6) is 0.181. The Balaban J connectivity index is 2.20. The molecule has 1 aliphatic heterocycles.